The zero-order valence-electron chi connectivity index (χ0n) is 24.6. The van der Waals surface area contributed by atoms with E-state index < -0.39 is 0 Å². The van der Waals surface area contributed by atoms with Gasteiger partial charge in [-0.25, -0.2) is 4.98 Å². The fourth-order valence-electron chi connectivity index (χ4n) is 5.41. The molecular weight excluding hydrogens is 572 g/mol. The molecule has 1 aliphatic heterocycles. The Labute approximate surface area is 254 Å². The number of rotatable bonds is 13. The molecule has 0 saturated heterocycles. The van der Waals surface area contributed by atoms with Crippen molar-refractivity contribution >= 4 is 34.5 Å². The van der Waals surface area contributed by atoms with Gasteiger partial charge < -0.3 is 29.6 Å². The molecule has 1 aromatic heterocycles. The second-order valence-electron chi connectivity index (χ2n) is 10.7. The van der Waals surface area contributed by atoms with E-state index >= 15 is 0 Å². The summed E-state index contributed by atoms with van der Waals surface area (Å²) in [6, 6.07) is 9.22. The molecule has 0 spiro atoms. The maximum absolute atomic E-state index is 13.6. The second-order valence-corrected chi connectivity index (χ2v) is 11.6. The zero-order chi connectivity index (χ0) is 30.2. The number of ether oxygens (including phenoxy) is 4. The van der Waals surface area contributed by atoms with Crippen LogP contribution in [0.4, 0.5) is 0 Å². The van der Waals surface area contributed by atoms with E-state index in [0.29, 0.717) is 58.4 Å². The van der Waals surface area contributed by atoms with Gasteiger partial charge in [-0.05, 0) is 49.4 Å². The van der Waals surface area contributed by atoms with Gasteiger partial charge in [-0.3, -0.25) is 19.0 Å². The maximum atomic E-state index is 13.6. The van der Waals surface area contributed by atoms with Gasteiger partial charge in [0.1, 0.15) is 0 Å². The summed E-state index contributed by atoms with van der Waals surface area (Å²) in [6.45, 7) is 0.839. The third kappa shape index (κ3) is 7.73. The minimum Gasteiger partial charge on any atom is -0.493 e. The molecule has 2 amide bonds. The van der Waals surface area contributed by atoms with Crippen LogP contribution in [0.25, 0.3) is 10.9 Å². The topological polar surface area (TPSA) is 130 Å². The maximum Gasteiger partial charge on any atom is 0.262 e. The lowest BCUT2D eigenvalue weighted by Crippen LogP contribution is -2.37. The summed E-state index contributed by atoms with van der Waals surface area (Å²) >= 11 is 1.23. The Morgan fingerprint density at radius 3 is 2.56 bits per heavy atom. The van der Waals surface area contributed by atoms with Crippen LogP contribution >= 0.6 is 11.8 Å². The Kier molecular flexibility index (Phi) is 10.3. The highest BCUT2D eigenvalue weighted by molar-refractivity contribution is 7.99. The number of amides is 2. The molecule has 0 unspecified atom stereocenters. The van der Waals surface area contributed by atoms with E-state index in [1.54, 1.807) is 30.9 Å². The normalized spacial score (nSPS) is 14.5. The summed E-state index contributed by atoms with van der Waals surface area (Å²) in [7, 11) is 3.18. The van der Waals surface area contributed by atoms with Crippen LogP contribution in [-0.4, -0.2) is 60.7 Å². The van der Waals surface area contributed by atoms with Crippen molar-refractivity contribution in [3.63, 3.8) is 0 Å². The van der Waals surface area contributed by atoms with Crippen molar-refractivity contribution in [2.24, 2.45) is 0 Å². The summed E-state index contributed by atoms with van der Waals surface area (Å²) in [5, 5.41) is 6.90. The number of nitrogens with zero attached hydrogens (tertiary/aromatic N) is 2. The zero-order valence-corrected chi connectivity index (χ0v) is 25.4. The number of hydrogen-bond acceptors (Lipinski definition) is 9. The Hall–Kier alpha value is -3.93. The van der Waals surface area contributed by atoms with Crippen LogP contribution < -0.4 is 35.1 Å². The number of carbonyl (C=O) groups excluding carboxylic acids is 2. The van der Waals surface area contributed by atoms with Crippen molar-refractivity contribution in [3.05, 3.63) is 46.2 Å². The first-order chi connectivity index (χ1) is 20.9. The van der Waals surface area contributed by atoms with Gasteiger partial charge in [-0.1, -0.05) is 37.1 Å². The molecule has 0 bridgehead atoms. The van der Waals surface area contributed by atoms with Gasteiger partial charge in [-0.15, -0.1) is 0 Å². The average Bonchev–Trinajstić information content (AvgIpc) is 3.48. The third-order valence-electron chi connectivity index (χ3n) is 7.69. The molecule has 230 valence electrons. The van der Waals surface area contributed by atoms with Crippen LogP contribution in [0.15, 0.2) is 40.3 Å². The quantitative estimate of drug-likeness (QED) is 0.219. The molecule has 3 aromatic rings. The Morgan fingerprint density at radius 1 is 1.02 bits per heavy atom. The van der Waals surface area contributed by atoms with E-state index in [1.165, 1.54) is 18.2 Å². The number of nitrogens with one attached hydrogen (secondary N) is 2. The summed E-state index contributed by atoms with van der Waals surface area (Å²) in [6.07, 6.45) is 6.78. The van der Waals surface area contributed by atoms with Gasteiger partial charge in [0.05, 0.1) is 30.9 Å². The van der Waals surface area contributed by atoms with Crippen molar-refractivity contribution in [1.29, 1.82) is 0 Å². The molecule has 0 atom stereocenters. The van der Waals surface area contributed by atoms with E-state index in [0.717, 1.165) is 31.2 Å². The van der Waals surface area contributed by atoms with Crippen LogP contribution in [0.5, 0.6) is 23.0 Å². The largest absolute Gasteiger partial charge is 0.493 e. The highest BCUT2D eigenvalue weighted by Gasteiger charge is 2.21. The van der Waals surface area contributed by atoms with Crippen LogP contribution in [0.1, 0.15) is 50.5 Å². The lowest BCUT2D eigenvalue weighted by molar-refractivity contribution is -0.121. The number of methoxy groups -OCH3 is 2. The fourth-order valence-corrected chi connectivity index (χ4v) is 6.25. The lowest BCUT2D eigenvalue weighted by atomic mass is 9.95. The molecule has 1 aliphatic carbocycles. The Morgan fingerprint density at radius 2 is 1.79 bits per heavy atom. The van der Waals surface area contributed by atoms with E-state index in [1.807, 2.05) is 18.2 Å². The van der Waals surface area contributed by atoms with Crippen molar-refractivity contribution < 1.29 is 28.5 Å². The number of fused-ring (bicyclic) bond motifs is 2. The Balaban J connectivity index is 1.21. The SMILES string of the molecule is COc1ccc(CCNC(=O)CCCn2c(SCC(=O)NC3CCCCC3)nc3cc4c(cc3c2=O)OCO4)cc1OC. The smallest absolute Gasteiger partial charge is 0.262 e. The van der Waals surface area contributed by atoms with Gasteiger partial charge in [0, 0.05) is 31.6 Å². The second kappa shape index (κ2) is 14.5. The minimum atomic E-state index is -0.243. The molecule has 1 saturated carbocycles. The standard InChI is InChI=1S/C31H38N4O7S/c1-39-24-11-10-20(15-25(24)40-2)12-13-32-28(36)9-6-14-35-30(38)22-16-26-27(42-19-41-26)17-23(22)34-31(35)43-18-29(37)33-21-7-4-3-5-8-21/h10-11,15-17,21H,3-9,12-14,18-19H2,1-2H3,(H,32,36)(H,33,37). The average molecular weight is 611 g/mol. The molecule has 12 heteroatoms. The number of hydrogen-bond donors (Lipinski definition) is 2. The highest BCUT2D eigenvalue weighted by atomic mass is 32.2. The highest BCUT2D eigenvalue weighted by Crippen LogP contribution is 2.35. The summed E-state index contributed by atoms with van der Waals surface area (Å²) in [5.74, 6) is 2.30. The van der Waals surface area contributed by atoms with E-state index in [-0.39, 0.29) is 48.9 Å². The van der Waals surface area contributed by atoms with Crippen LogP contribution in [0.2, 0.25) is 0 Å². The molecule has 2 N–H and O–H groups in total. The molecule has 1 fully saturated rings. The van der Waals surface area contributed by atoms with E-state index in [2.05, 4.69) is 10.6 Å². The van der Waals surface area contributed by atoms with Crippen molar-refractivity contribution in [3.8, 4) is 23.0 Å². The predicted octanol–water partition coefficient (Wildman–Crippen LogP) is 3.82. The number of aromatic nitrogens is 2. The van der Waals surface area contributed by atoms with Crippen LogP contribution in [0, 0.1) is 0 Å². The minimum absolute atomic E-state index is 0.0719. The summed E-state index contributed by atoms with van der Waals surface area (Å²) in [4.78, 5) is 43.7. The first kappa shape index (κ1) is 30.5. The number of thioether (sulfide) groups is 1. The first-order valence-corrected chi connectivity index (χ1v) is 15.7. The van der Waals surface area contributed by atoms with Crippen molar-refractivity contribution in [2.45, 2.75) is 69.1 Å². The van der Waals surface area contributed by atoms with Crippen molar-refractivity contribution in [2.75, 3.05) is 33.3 Å². The lowest BCUT2D eigenvalue weighted by Gasteiger charge is -2.22. The van der Waals surface area contributed by atoms with E-state index in [4.69, 9.17) is 23.9 Å². The first-order valence-electron chi connectivity index (χ1n) is 14.7. The molecule has 2 aromatic carbocycles. The molecule has 0 radical (unpaired) electrons. The predicted molar refractivity (Wildman–Crippen MR) is 163 cm³/mol. The monoisotopic (exact) mass is 610 g/mol. The van der Waals surface area contributed by atoms with Crippen LogP contribution in [-0.2, 0) is 22.6 Å². The van der Waals surface area contributed by atoms with Gasteiger partial charge in [0.25, 0.3) is 5.56 Å². The number of benzene rings is 2. The molecular formula is C31H38N4O7S. The van der Waals surface area contributed by atoms with Crippen LogP contribution in [0.3, 0.4) is 0 Å². The van der Waals surface area contributed by atoms with E-state index in [9.17, 15) is 14.4 Å². The molecule has 2 aliphatic rings. The molecule has 5 rings (SSSR count). The van der Waals surface area contributed by atoms with Gasteiger partial charge in [0.15, 0.2) is 28.2 Å². The van der Waals surface area contributed by atoms with Gasteiger partial charge in [0.2, 0.25) is 18.6 Å². The fraction of sp³-hybridized carbons (Fsp3) is 0.484. The molecule has 2 heterocycles. The van der Waals surface area contributed by atoms with Gasteiger partial charge >= 0.3 is 0 Å². The molecule has 43 heavy (non-hydrogen) atoms. The summed E-state index contributed by atoms with van der Waals surface area (Å²) < 4.78 is 23.1. The third-order valence-corrected chi connectivity index (χ3v) is 8.66. The number of carbonyl (C=O) groups is 2. The summed E-state index contributed by atoms with van der Waals surface area (Å²) in [5.41, 5.74) is 1.25. The van der Waals surface area contributed by atoms with Gasteiger partial charge in [-0.2, -0.15) is 0 Å². The molecule has 11 nitrogen and oxygen atoms in total. The Bertz CT molecular complexity index is 1520. The van der Waals surface area contributed by atoms with Crippen molar-refractivity contribution in [1.82, 2.24) is 20.2 Å².